The molecule has 0 bridgehead atoms. The molecular weight excluding hydrogens is 320 g/mol. The van der Waals surface area contributed by atoms with Gasteiger partial charge in [0.2, 0.25) is 0 Å². The predicted octanol–water partition coefficient (Wildman–Crippen LogP) is 4.15. The number of aryl methyl sites for hydroxylation is 1. The van der Waals surface area contributed by atoms with Crippen molar-refractivity contribution in [2.75, 3.05) is 11.4 Å². The number of pyridine rings is 1. The molecule has 0 saturated carbocycles. The molecule has 0 amide bonds. The Kier molecular flexibility index (Phi) is 3.70. The van der Waals surface area contributed by atoms with Gasteiger partial charge in [0, 0.05) is 24.0 Å². The lowest BCUT2D eigenvalue weighted by Gasteiger charge is -2.37. The molecular formula is C22H22N4. The summed E-state index contributed by atoms with van der Waals surface area (Å²) < 4.78 is 0. The number of anilines is 1. The van der Waals surface area contributed by atoms with Gasteiger partial charge in [-0.25, -0.2) is 9.97 Å². The molecule has 2 aromatic heterocycles. The van der Waals surface area contributed by atoms with E-state index < -0.39 is 0 Å². The zero-order valence-electron chi connectivity index (χ0n) is 15.0. The summed E-state index contributed by atoms with van der Waals surface area (Å²) in [6, 6.07) is 15.1. The Morgan fingerprint density at radius 2 is 1.85 bits per heavy atom. The van der Waals surface area contributed by atoms with Gasteiger partial charge in [-0.15, -0.1) is 0 Å². The topological polar surface area (TPSA) is 41.9 Å². The minimum atomic E-state index is 0.330. The van der Waals surface area contributed by atoms with Crippen LogP contribution < -0.4 is 4.90 Å². The average Bonchev–Trinajstić information content (AvgIpc) is 3.17. The highest BCUT2D eigenvalue weighted by Crippen LogP contribution is 2.38. The standard InChI is InChI=1S/C22H22N4/c1-15-17-8-3-2-7-16(17)12-14-26(15)22-18-9-6-11-19(18)24-21(25-22)20-10-4-5-13-23-20/h2-5,7-8,10,13,15H,6,9,11-12,14H2,1H3. The third-order valence-corrected chi connectivity index (χ3v) is 5.67. The van der Waals surface area contributed by atoms with Gasteiger partial charge in [-0.05, 0) is 55.9 Å². The normalized spacial score (nSPS) is 18.5. The fraction of sp³-hybridized carbons (Fsp3) is 0.318. The number of hydrogen-bond acceptors (Lipinski definition) is 4. The zero-order valence-corrected chi connectivity index (χ0v) is 15.0. The van der Waals surface area contributed by atoms with E-state index in [4.69, 9.17) is 9.97 Å². The van der Waals surface area contributed by atoms with Gasteiger partial charge in [0.05, 0.1) is 6.04 Å². The fourth-order valence-corrected chi connectivity index (χ4v) is 4.32. The van der Waals surface area contributed by atoms with Gasteiger partial charge in [-0.3, -0.25) is 4.98 Å². The molecule has 130 valence electrons. The maximum atomic E-state index is 5.01. The van der Waals surface area contributed by atoms with Crippen LogP contribution in [0, 0.1) is 0 Å². The monoisotopic (exact) mass is 342 g/mol. The molecule has 5 rings (SSSR count). The van der Waals surface area contributed by atoms with E-state index in [2.05, 4.69) is 41.1 Å². The van der Waals surface area contributed by atoms with E-state index in [-0.39, 0.29) is 0 Å². The maximum Gasteiger partial charge on any atom is 0.180 e. The fourth-order valence-electron chi connectivity index (χ4n) is 4.32. The van der Waals surface area contributed by atoms with Crippen LogP contribution in [0.2, 0.25) is 0 Å². The van der Waals surface area contributed by atoms with Crippen molar-refractivity contribution in [3.8, 4) is 11.5 Å². The van der Waals surface area contributed by atoms with Gasteiger partial charge < -0.3 is 4.90 Å². The second-order valence-corrected chi connectivity index (χ2v) is 7.18. The molecule has 4 nitrogen and oxygen atoms in total. The summed E-state index contributed by atoms with van der Waals surface area (Å²) in [5, 5.41) is 0. The highest BCUT2D eigenvalue weighted by molar-refractivity contribution is 5.60. The molecule has 0 radical (unpaired) electrons. The number of hydrogen-bond donors (Lipinski definition) is 0. The summed E-state index contributed by atoms with van der Waals surface area (Å²) in [5.74, 6) is 1.88. The SMILES string of the molecule is CC1c2ccccc2CCN1c1nc(-c2ccccn2)nc2c1CCC2. The lowest BCUT2D eigenvalue weighted by atomic mass is 9.93. The van der Waals surface area contributed by atoms with Crippen molar-refractivity contribution in [3.63, 3.8) is 0 Å². The van der Waals surface area contributed by atoms with E-state index in [1.807, 2.05) is 24.4 Å². The number of benzene rings is 1. The summed E-state index contributed by atoms with van der Waals surface area (Å²) >= 11 is 0. The third kappa shape index (κ3) is 2.48. The number of aromatic nitrogens is 3. The Morgan fingerprint density at radius 3 is 2.73 bits per heavy atom. The molecule has 1 unspecified atom stereocenters. The van der Waals surface area contributed by atoms with Crippen LogP contribution in [0.25, 0.3) is 11.5 Å². The van der Waals surface area contributed by atoms with Crippen molar-refractivity contribution in [2.45, 2.75) is 38.6 Å². The van der Waals surface area contributed by atoms with Gasteiger partial charge >= 0.3 is 0 Å². The van der Waals surface area contributed by atoms with Crippen molar-refractivity contribution in [1.29, 1.82) is 0 Å². The Balaban J connectivity index is 1.62. The molecule has 3 heterocycles. The van der Waals surface area contributed by atoms with Gasteiger partial charge in [0.1, 0.15) is 11.5 Å². The molecule has 1 aliphatic heterocycles. The van der Waals surface area contributed by atoms with Crippen LogP contribution in [-0.4, -0.2) is 21.5 Å². The Labute approximate surface area is 154 Å². The van der Waals surface area contributed by atoms with Crippen LogP contribution >= 0.6 is 0 Å². The quantitative estimate of drug-likeness (QED) is 0.701. The minimum Gasteiger partial charge on any atom is -0.349 e. The molecule has 1 aromatic carbocycles. The number of nitrogens with zero attached hydrogens (tertiary/aromatic N) is 4. The van der Waals surface area contributed by atoms with Gasteiger partial charge in [-0.2, -0.15) is 0 Å². The van der Waals surface area contributed by atoms with Crippen LogP contribution in [0.15, 0.2) is 48.7 Å². The van der Waals surface area contributed by atoms with Crippen molar-refractivity contribution < 1.29 is 0 Å². The van der Waals surface area contributed by atoms with Gasteiger partial charge in [0.15, 0.2) is 5.82 Å². The summed E-state index contributed by atoms with van der Waals surface area (Å²) in [5.41, 5.74) is 6.29. The van der Waals surface area contributed by atoms with Gasteiger partial charge in [0.25, 0.3) is 0 Å². The molecule has 4 heteroatoms. The van der Waals surface area contributed by atoms with E-state index in [1.165, 1.54) is 28.8 Å². The summed E-state index contributed by atoms with van der Waals surface area (Å²) in [6.45, 7) is 3.30. The van der Waals surface area contributed by atoms with Gasteiger partial charge in [-0.1, -0.05) is 30.3 Å². The third-order valence-electron chi connectivity index (χ3n) is 5.67. The minimum absolute atomic E-state index is 0.330. The summed E-state index contributed by atoms with van der Waals surface area (Å²) in [4.78, 5) is 16.8. The second kappa shape index (κ2) is 6.20. The highest BCUT2D eigenvalue weighted by atomic mass is 15.2. The molecule has 26 heavy (non-hydrogen) atoms. The molecule has 0 spiro atoms. The second-order valence-electron chi connectivity index (χ2n) is 7.18. The molecule has 0 N–H and O–H groups in total. The van der Waals surface area contributed by atoms with Crippen LogP contribution in [-0.2, 0) is 19.3 Å². The average molecular weight is 342 g/mol. The van der Waals surface area contributed by atoms with Crippen LogP contribution in [0.1, 0.15) is 41.8 Å². The molecule has 1 atom stereocenters. The molecule has 2 aliphatic rings. The van der Waals surface area contributed by atoms with Crippen molar-refractivity contribution >= 4 is 5.82 Å². The predicted molar refractivity (Wildman–Crippen MR) is 103 cm³/mol. The number of fused-ring (bicyclic) bond motifs is 2. The van der Waals surface area contributed by atoms with Crippen molar-refractivity contribution in [3.05, 3.63) is 71.0 Å². The largest absolute Gasteiger partial charge is 0.349 e. The first-order valence-corrected chi connectivity index (χ1v) is 9.47. The van der Waals surface area contributed by atoms with Crippen LogP contribution in [0.3, 0.4) is 0 Å². The summed E-state index contributed by atoms with van der Waals surface area (Å²) in [6.07, 6.45) is 6.17. The molecule has 3 aromatic rings. The van der Waals surface area contributed by atoms with E-state index in [0.717, 1.165) is 43.1 Å². The molecule has 1 aliphatic carbocycles. The van der Waals surface area contributed by atoms with Crippen LogP contribution in [0.4, 0.5) is 5.82 Å². The Morgan fingerprint density at radius 1 is 0.962 bits per heavy atom. The van der Waals surface area contributed by atoms with Crippen LogP contribution in [0.5, 0.6) is 0 Å². The van der Waals surface area contributed by atoms with E-state index in [0.29, 0.717) is 6.04 Å². The van der Waals surface area contributed by atoms with Crippen molar-refractivity contribution in [1.82, 2.24) is 15.0 Å². The van der Waals surface area contributed by atoms with E-state index in [1.54, 1.807) is 0 Å². The lowest BCUT2D eigenvalue weighted by Crippen LogP contribution is -2.35. The first kappa shape index (κ1) is 15.5. The zero-order chi connectivity index (χ0) is 17.5. The number of rotatable bonds is 2. The lowest BCUT2D eigenvalue weighted by molar-refractivity contribution is 0.613. The first-order valence-electron chi connectivity index (χ1n) is 9.47. The van der Waals surface area contributed by atoms with E-state index in [9.17, 15) is 0 Å². The molecule has 0 fully saturated rings. The first-order chi connectivity index (χ1) is 12.8. The smallest absolute Gasteiger partial charge is 0.180 e. The Hall–Kier alpha value is -2.75. The Bertz CT molecular complexity index is 952. The highest BCUT2D eigenvalue weighted by Gasteiger charge is 2.29. The molecule has 0 saturated heterocycles. The summed E-state index contributed by atoms with van der Waals surface area (Å²) in [7, 11) is 0. The van der Waals surface area contributed by atoms with Crippen molar-refractivity contribution in [2.24, 2.45) is 0 Å². The van der Waals surface area contributed by atoms with E-state index >= 15 is 0 Å². The maximum absolute atomic E-state index is 5.01.